The molecule has 0 bridgehead atoms. The van der Waals surface area contributed by atoms with Crippen LogP contribution in [0.5, 0.6) is 11.5 Å². The molecule has 35 heavy (non-hydrogen) atoms. The Morgan fingerprint density at radius 3 is 2.60 bits per heavy atom. The lowest BCUT2D eigenvalue weighted by Crippen LogP contribution is -2.31. The summed E-state index contributed by atoms with van der Waals surface area (Å²) < 4.78 is 7.65. The summed E-state index contributed by atoms with van der Waals surface area (Å²) in [6.07, 6.45) is 7.71. The van der Waals surface area contributed by atoms with Gasteiger partial charge in [-0.25, -0.2) is 4.98 Å². The molecule has 2 N–H and O–H groups in total. The molecule has 0 spiro atoms. The third kappa shape index (κ3) is 5.37. The number of carbonyl (C=O) groups is 2. The number of Topliss-reactive ketones (excluding diaryl/α,β-unsaturated/α-hetero) is 1. The molecule has 182 valence electrons. The van der Waals surface area contributed by atoms with Gasteiger partial charge in [-0.1, -0.05) is 37.6 Å². The van der Waals surface area contributed by atoms with Gasteiger partial charge >= 0.3 is 0 Å². The van der Waals surface area contributed by atoms with Crippen molar-refractivity contribution >= 4 is 17.4 Å². The first-order valence-corrected chi connectivity index (χ1v) is 11.8. The quantitative estimate of drug-likeness (QED) is 0.196. The summed E-state index contributed by atoms with van der Waals surface area (Å²) >= 11 is 0. The fourth-order valence-corrected chi connectivity index (χ4v) is 4.18. The highest BCUT2D eigenvalue weighted by atomic mass is 16.5. The lowest BCUT2D eigenvalue weighted by molar-refractivity contribution is -0.139. The molecule has 1 aliphatic heterocycles. The number of imidazole rings is 1. The molecule has 1 aliphatic rings. The van der Waals surface area contributed by atoms with Gasteiger partial charge in [0.1, 0.15) is 17.3 Å². The maximum atomic E-state index is 13.2. The van der Waals surface area contributed by atoms with Gasteiger partial charge in [-0.2, -0.15) is 0 Å². The molecule has 8 heteroatoms. The van der Waals surface area contributed by atoms with E-state index in [4.69, 9.17) is 4.74 Å². The molecule has 4 rings (SSSR count). The Balaban J connectivity index is 1.68. The topological polar surface area (TPSA) is 105 Å². The van der Waals surface area contributed by atoms with Crippen molar-refractivity contribution in [1.82, 2.24) is 14.5 Å². The van der Waals surface area contributed by atoms with E-state index in [-0.39, 0.29) is 17.1 Å². The van der Waals surface area contributed by atoms with Gasteiger partial charge in [0.2, 0.25) is 0 Å². The standard InChI is InChI=1S/C27H29N3O5/c1-2-3-16-35-22-7-4-6-20(17-22)25(32)23-24(19-8-10-21(31)11-9-19)30(27(34)26(23)33)14-5-13-29-15-12-28-18-29/h4,6-12,15,17-18,24,31-32H,2-3,5,13-14,16H2,1H3. The normalized spacial score (nSPS) is 17.2. The van der Waals surface area contributed by atoms with E-state index in [1.165, 1.54) is 17.0 Å². The number of ether oxygens (including phenoxy) is 1. The number of carbonyl (C=O) groups excluding carboxylic acids is 2. The highest BCUT2D eigenvalue weighted by molar-refractivity contribution is 6.46. The van der Waals surface area contributed by atoms with Gasteiger partial charge in [0.25, 0.3) is 11.7 Å². The molecule has 1 amide bonds. The average Bonchev–Trinajstić information content (AvgIpc) is 3.47. The molecule has 3 aromatic rings. The second kappa shape index (κ2) is 10.9. The van der Waals surface area contributed by atoms with E-state index in [2.05, 4.69) is 11.9 Å². The largest absolute Gasteiger partial charge is 0.508 e. The maximum absolute atomic E-state index is 13.2. The number of amides is 1. The number of likely N-dealkylation sites (tertiary alicyclic amines) is 1. The van der Waals surface area contributed by atoms with Crippen molar-refractivity contribution < 1.29 is 24.5 Å². The summed E-state index contributed by atoms with van der Waals surface area (Å²) in [6.45, 7) is 3.56. The second-order valence-corrected chi connectivity index (χ2v) is 8.47. The van der Waals surface area contributed by atoms with Gasteiger partial charge in [0.15, 0.2) is 0 Å². The number of aryl methyl sites for hydroxylation is 1. The number of hydrogen-bond acceptors (Lipinski definition) is 6. The lowest BCUT2D eigenvalue weighted by Gasteiger charge is -2.25. The van der Waals surface area contributed by atoms with Crippen molar-refractivity contribution in [1.29, 1.82) is 0 Å². The Bertz CT molecular complexity index is 1200. The number of phenols is 1. The zero-order chi connectivity index (χ0) is 24.8. The number of rotatable bonds is 10. The third-order valence-corrected chi connectivity index (χ3v) is 6.00. The van der Waals surface area contributed by atoms with Crippen LogP contribution in [-0.2, 0) is 16.1 Å². The SMILES string of the molecule is CCCCOc1cccc(C(O)=C2C(=O)C(=O)N(CCCn3ccnc3)C2c2ccc(O)cc2)c1. The van der Waals surface area contributed by atoms with Crippen molar-refractivity contribution in [3.8, 4) is 11.5 Å². The Kier molecular flexibility index (Phi) is 7.50. The summed E-state index contributed by atoms with van der Waals surface area (Å²) in [5.74, 6) is -0.994. The van der Waals surface area contributed by atoms with Crippen LogP contribution in [0.4, 0.5) is 0 Å². The van der Waals surface area contributed by atoms with Crippen LogP contribution in [0.15, 0.2) is 72.8 Å². The van der Waals surface area contributed by atoms with E-state index in [1.807, 2.05) is 10.8 Å². The van der Waals surface area contributed by atoms with E-state index in [0.29, 0.717) is 43.0 Å². The van der Waals surface area contributed by atoms with Crippen molar-refractivity contribution in [2.45, 2.75) is 38.8 Å². The molecular formula is C27H29N3O5. The van der Waals surface area contributed by atoms with Crippen LogP contribution in [0.25, 0.3) is 5.76 Å². The number of hydrogen-bond donors (Lipinski definition) is 2. The zero-order valence-corrected chi connectivity index (χ0v) is 19.6. The van der Waals surface area contributed by atoms with Crippen molar-refractivity contribution in [3.63, 3.8) is 0 Å². The zero-order valence-electron chi connectivity index (χ0n) is 19.6. The van der Waals surface area contributed by atoms with Gasteiger partial charge in [0.05, 0.1) is 24.5 Å². The molecule has 1 unspecified atom stereocenters. The number of benzene rings is 2. The Labute approximate surface area is 204 Å². The fourth-order valence-electron chi connectivity index (χ4n) is 4.18. The molecule has 2 heterocycles. The van der Waals surface area contributed by atoms with Crippen LogP contribution in [0.1, 0.15) is 43.4 Å². The van der Waals surface area contributed by atoms with Crippen LogP contribution < -0.4 is 4.74 Å². The second-order valence-electron chi connectivity index (χ2n) is 8.47. The van der Waals surface area contributed by atoms with Crippen LogP contribution >= 0.6 is 0 Å². The van der Waals surface area contributed by atoms with Crippen LogP contribution in [0.3, 0.4) is 0 Å². The molecule has 1 atom stereocenters. The molecule has 0 saturated carbocycles. The Morgan fingerprint density at radius 1 is 1.09 bits per heavy atom. The minimum atomic E-state index is -0.775. The summed E-state index contributed by atoms with van der Waals surface area (Å²) in [5, 5.41) is 21.0. The van der Waals surface area contributed by atoms with Crippen LogP contribution in [0, 0.1) is 0 Å². The lowest BCUT2D eigenvalue weighted by atomic mass is 9.95. The minimum absolute atomic E-state index is 0.0222. The summed E-state index contributed by atoms with van der Waals surface area (Å²) in [5.41, 5.74) is 1.05. The number of ketones is 1. The number of aromatic hydroxyl groups is 1. The molecular weight excluding hydrogens is 446 g/mol. The highest BCUT2D eigenvalue weighted by Crippen LogP contribution is 2.40. The Morgan fingerprint density at radius 2 is 1.89 bits per heavy atom. The molecule has 0 aliphatic carbocycles. The number of aromatic nitrogens is 2. The number of aliphatic hydroxyl groups excluding tert-OH is 1. The predicted octanol–water partition coefficient (Wildman–Crippen LogP) is 4.28. The summed E-state index contributed by atoms with van der Waals surface area (Å²) in [7, 11) is 0. The van der Waals surface area contributed by atoms with Crippen LogP contribution in [-0.4, -0.2) is 49.5 Å². The number of phenolic OH excluding ortho intramolecular Hbond substituents is 1. The van der Waals surface area contributed by atoms with Crippen molar-refractivity contribution in [2.24, 2.45) is 0 Å². The molecule has 1 saturated heterocycles. The molecule has 2 aromatic carbocycles. The first-order chi connectivity index (χ1) is 17.0. The Hall–Kier alpha value is -4.07. The number of nitrogens with zero attached hydrogens (tertiary/aromatic N) is 3. The first-order valence-electron chi connectivity index (χ1n) is 11.8. The monoisotopic (exact) mass is 475 g/mol. The third-order valence-electron chi connectivity index (χ3n) is 6.00. The van der Waals surface area contributed by atoms with Gasteiger partial charge in [-0.15, -0.1) is 0 Å². The predicted molar refractivity (Wildman–Crippen MR) is 131 cm³/mol. The van der Waals surface area contributed by atoms with Crippen molar-refractivity contribution in [3.05, 3.63) is 84.0 Å². The van der Waals surface area contributed by atoms with Gasteiger partial charge in [-0.3, -0.25) is 9.59 Å². The first kappa shape index (κ1) is 24.1. The van der Waals surface area contributed by atoms with Crippen LogP contribution in [0.2, 0.25) is 0 Å². The molecule has 8 nitrogen and oxygen atoms in total. The van der Waals surface area contributed by atoms with Gasteiger partial charge in [0, 0.05) is 31.0 Å². The van der Waals surface area contributed by atoms with E-state index >= 15 is 0 Å². The van der Waals surface area contributed by atoms with E-state index in [9.17, 15) is 19.8 Å². The van der Waals surface area contributed by atoms with E-state index in [1.54, 1.807) is 48.9 Å². The smallest absolute Gasteiger partial charge is 0.295 e. The highest BCUT2D eigenvalue weighted by Gasteiger charge is 2.45. The van der Waals surface area contributed by atoms with Crippen molar-refractivity contribution in [2.75, 3.05) is 13.2 Å². The number of unbranched alkanes of at least 4 members (excludes halogenated alkanes) is 1. The summed E-state index contributed by atoms with van der Waals surface area (Å²) in [6, 6.07) is 12.4. The fraction of sp³-hybridized carbons (Fsp3) is 0.296. The molecule has 1 fully saturated rings. The van der Waals surface area contributed by atoms with Gasteiger partial charge in [-0.05, 0) is 42.7 Å². The van der Waals surface area contributed by atoms with E-state index < -0.39 is 17.7 Å². The molecule has 0 radical (unpaired) electrons. The number of aliphatic hydroxyl groups is 1. The van der Waals surface area contributed by atoms with E-state index in [0.717, 1.165) is 12.8 Å². The average molecular weight is 476 g/mol. The minimum Gasteiger partial charge on any atom is -0.508 e. The summed E-state index contributed by atoms with van der Waals surface area (Å²) in [4.78, 5) is 31.7. The van der Waals surface area contributed by atoms with Gasteiger partial charge < -0.3 is 24.4 Å². The molecule has 1 aromatic heterocycles. The maximum Gasteiger partial charge on any atom is 0.295 e.